The molecule has 2 N–H and O–H groups in total. The van der Waals surface area contributed by atoms with Crippen LogP contribution in [0.3, 0.4) is 0 Å². The standard InChI is InChI=1S/C16H24N2O2S/c1-10-6-8-16(9-7-10,15(17)21)18-13(19)11-4-2-3-5-12(11)14(18)20/h10-12H,2-9H2,1H3,(H2,17,21). The smallest absolute Gasteiger partial charge is 0.233 e. The van der Waals surface area contributed by atoms with E-state index in [1.54, 1.807) is 0 Å². The number of rotatable bonds is 2. The summed E-state index contributed by atoms with van der Waals surface area (Å²) in [6, 6.07) is 0. The van der Waals surface area contributed by atoms with Crippen LogP contribution >= 0.6 is 12.2 Å². The van der Waals surface area contributed by atoms with Gasteiger partial charge < -0.3 is 5.73 Å². The average Bonchev–Trinajstić information content (AvgIpc) is 2.73. The lowest BCUT2D eigenvalue weighted by Gasteiger charge is -2.44. The van der Waals surface area contributed by atoms with Crippen molar-refractivity contribution in [3.63, 3.8) is 0 Å². The van der Waals surface area contributed by atoms with Crippen molar-refractivity contribution in [3.8, 4) is 0 Å². The SMILES string of the molecule is CC1CCC(C(N)=S)(N2C(=O)C3CCCCC3C2=O)CC1. The highest BCUT2D eigenvalue weighted by Crippen LogP contribution is 2.45. The zero-order valence-corrected chi connectivity index (χ0v) is 13.5. The molecule has 1 aliphatic heterocycles. The Bertz CT molecular complexity index is 459. The molecule has 0 aromatic rings. The molecule has 4 nitrogen and oxygen atoms in total. The molecule has 5 heteroatoms. The minimum absolute atomic E-state index is 0.00736. The normalized spacial score (nSPS) is 40.2. The van der Waals surface area contributed by atoms with Crippen molar-refractivity contribution >= 4 is 29.0 Å². The minimum atomic E-state index is -0.687. The summed E-state index contributed by atoms with van der Waals surface area (Å²) in [6.07, 6.45) is 7.20. The average molecular weight is 308 g/mol. The fraction of sp³-hybridized carbons (Fsp3) is 0.812. The lowest BCUT2D eigenvalue weighted by Crippen LogP contribution is -2.60. The van der Waals surface area contributed by atoms with Crippen LogP contribution in [-0.2, 0) is 9.59 Å². The Labute approximate surface area is 131 Å². The highest BCUT2D eigenvalue weighted by molar-refractivity contribution is 7.80. The number of hydrogen-bond acceptors (Lipinski definition) is 3. The third-order valence-corrected chi connectivity index (χ3v) is 6.21. The van der Waals surface area contributed by atoms with Crippen LogP contribution in [-0.4, -0.2) is 27.2 Å². The number of hydrogen-bond donors (Lipinski definition) is 1. The van der Waals surface area contributed by atoms with E-state index in [1.807, 2.05) is 0 Å². The van der Waals surface area contributed by atoms with Crippen LogP contribution in [0.1, 0.15) is 58.3 Å². The topological polar surface area (TPSA) is 63.4 Å². The predicted molar refractivity (Wildman–Crippen MR) is 84.4 cm³/mol. The van der Waals surface area contributed by atoms with Crippen LogP contribution in [0.4, 0.5) is 0 Å². The van der Waals surface area contributed by atoms with Gasteiger partial charge in [0.1, 0.15) is 5.54 Å². The third kappa shape index (κ3) is 2.20. The molecule has 0 aromatic carbocycles. The number of amides is 2. The second-order valence-electron chi connectivity index (χ2n) is 7.09. The summed E-state index contributed by atoms with van der Waals surface area (Å²) >= 11 is 5.31. The maximum Gasteiger partial charge on any atom is 0.233 e. The monoisotopic (exact) mass is 308 g/mol. The van der Waals surface area contributed by atoms with Gasteiger partial charge in [-0.3, -0.25) is 14.5 Å². The minimum Gasteiger partial charge on any atom is -0.391 e. The van der Waals surface area contributed by atoms with Gasteiger partial charge in [-0.1, -0.05) is 32.0 Å². The van der Waals surface area contributed by atoms with E-state index in [2.05, 4.69) is 6.92 Å². The van der Waals surface area contributed by atoms with Gasteiger partial charge in [-0.2, -0.15) is 0 Å². The Kier molecular flexibility index (Phi) is 3.80. The molecule has 2 atom stereocenters. The van der Waals surface area contributed by atoms with E-state index >= 15 is 0 Å². The fourth-order valence-electron chi connectivity index (χ4n) is 4.40. The van der Waals surface area contributed by atoms with Gasteiger partial charge in [0.25, 0.3) is 0 Å². The Hall–Kier alpha value is -0.970. The van der Waals surface area contributed by atoms with Gasteiger partial charge in [-0.05, 0) is 44.4 Å². The van der Waals surface area contributed by atoms with Crippen LogP contribution < -0.4 is 5.73 Å². The van der Waals surface area contributed by atoms with Gasteiger partial charge >= 0.3 is 0 Å². The van der Waals surface area contributed by atoms with E-state index in [0.717, 1.165) is 51.4 Å². The number of likely N-dealkylation sites (tertiary alicyclic amines) is 1. The van der Waals surface area contributed by atoms with Gasteiger partial charge in [0.15, 0.2) is 0 Å². The second-order valence-corrected chi connectivity index (χ2v) is 7.53. The Morgan fingerprint density at radius 1 is 1.10 bits per heavy atom. The molecule has 2 aliphatic carbocycles. The van der Waals surface area contributed by atoms with Crippen LogP contribution in [0, 0.1) is 17.8 Å². The second kappa shape index (κ2) is 5.34. The zero-order chi connectivity index (χ0) is 15.2. The molecule has 2 unspecified atom stereocenters. The van der Waals surface area contributed by atoms with Crippen LogP contribution in [0.25, 0.3) is 0 Å². The van der Waals surface area contributed by atoms with E-state index in [1.165, 1.54) is 4.90 Å². The lowest BCUT2D eigenvalue weighted by atomic mass is 9.76. The number of carbonyl (C=O) groups is 2. The predicted octanol–water partition coefficient (Wildman–Crippen LogP) is 2.40. The maximum absolute atomic E-state index is 12.8. The van der Waals surface area contributed by atoms with Crippen LogP contribution in [0.5, 0.6) is 0 Å². The van der Waals surface area contributed by atoms with Crippen LogP contribution in [0.2, 0.25) is 0 Å². The number of imide groups is 1. The zero-order valence-electron chi connectivity index (χ0n) is 12.6. The quantitative estimate of drug-likeness (QED) is 0.628. The molecule has 2 saturated carbocycles. The molecule has 0 aromatic heterocycles. The van der Waals surface area contributed by atoms with Gasteiger partial charge in [-0.15, -0.1) is 0 Å². The molecule has 0 spiro atoms. The van der Waals surface area contributed by atoms with E-state index in [-0.39, 0.29) is 23.7 Å². The highest BCUT2D eigenvalue weighted by Gasteiger charge is 2.57. The summed E-state index contributed by atoms with van der Waals surface area (Å²) in [5.41, 5.74) is 5.34. The molecular formula is C16H24N2O2S. The number of nitrogens with zero attached hydrogens (tertiary/aromatic N) is 1. The Morgan fingerprint density at radius 3 is 2.00 bits per heavy atom. The highest BCUT2D eigenvalue weighted by atomic mass is 32.1. The van der Waals surface area contributed by atoms with Crippen molar-refractivity contribution in [2.75, 3.05) is 0 Å². The summed E-state index contributed by atoms with van der Waals surface area (Å²) in [4.78, 5) is 27.5. The number of carbonyl (C=O) groups excluding carboxylic acids is 2. The van der Waals surface area contributed by atoms with Crippen molar-refractivity contribution in [2.24, 2.45) is 23.5 Å². The van der Waals surface area contributed by atoms with Crippen molar-refractivity contribution in [1.29, 1.82) is 0 Å². The molecule has 0 bridgehead atoms. The summed E-state index contributed by atoms with van der Waals surface area (Å²) < 4.78 is 0. The number of nitrogens with two attached hydrogens (primary N) is 1. The Morgan fingerprint density at radius 2 is 1.57 bits per heavy atom. The lowest BCUT2D eigenvalue weighted by molar-refractivity contribution is -0.146. The molecule has 0 radical (unpaired) electrons. The molecule has 3 rings (SSSR count). The molecule has 1 saturated heterocycles. The molecule has 1 heterocycles. The van der Waals surface area contributed by atoms with Crippen molar-refractivity contribution in [1.82, 2.24) is 4.90 Å². The van der Waals surface area contributed by atoms with Gasteiger partial charge in [-0.25, -0.2) is 0 Å². The first-order chi connectivity index (χ1) is 9.97. The fourth-order valence-corrected chi connectivity index (χ4v) is 4.70. The maximum atomic E-state index is 12.8. The summed E-state index contributed by atoms with van der Waals surface area (Å²) in [6.45, 7) is 2.21. The van der Waals surface area contributed by atoms with Crippen molar-refractivity contribution in [2.45, 2.75) is 63.8 Å². The van der Waals surface area contributed by atoms with Gasteiger partial charge in [0.2, 0.25) is 11.8 Å². The van der Waals surface area contributed by atoms with Gasteiger partial charge in [0.05, 0.1) is 16.8 Å². The van der Waals surface area contributed by atoms with E-state index in [4.69, 9.17) is 18.0 Å². The van der Waals surface area contributed by atoms with E-state index in [9.17, 15) is 9.59 Å². The van der Waals surface area contributed by atoms with Crippen LogP contribution in [0.15, 0.2) is 0 Å². The van der Waals surface area contributed by atoms with E-state index in [0.29, 0.717) is 10.9 Å². The summed E-state index contributed by atoms with van der Waals surface area (Å²) in [5.74, 6) is 0.371. The van der Waals surface area contributed by atoms with Crippen molar-refractivity contribution in [3.05, 3.63) is 0 Å². The number of fused-ring (bicyclic) bond motifs is 1. The van der Waals surface area contributed by atoms with Gasteiger partial charge in [0, 0.05) is 0 Å². The van der Waals surface area contributed by atoms with Crippen molar-refractivity contribution < 1.29 is 9.59 Å². The molecule has 21 heavy (non-hydrogen) atoms. The molecule has 2 amide bonds. The number of thiocarbonyl (C=S) groups is 1. The summed E-state index contributed by atoms with van der Waals surface area (Å²) in [5, 5.41) is 0. The summed E-state index contributed by atoms with van der Waals surface area (Å²) in [7, 11) is 0. The van der Waals surface area contributed by atoms with E-state index < -0.39 is 5.54 Å². The largest absolute Gasteiger partial charge is 0.391 e. The molecule has 3 aliphatic rings. The first kappa shape index (κ1) is 14.9. The Balaban J connectivity index is 1.94. The third-order valence-electron chi connectivity index (χ3n) is 5.83. The first-order valence-electron chi connectivity index (χ1n) is 8.15. The first-order valence-corrected chi connectivity index (χ1v) is 8.56. The molecular weight excluding hydrogens is 284 g/mol. The molecule has 116 valence electrons. The molecule has 3 fully saturated rings.